The molecule has 3 N–H and O–H groups in total. The standard InChI is InChI=1S/C25H26N2O6S/c1-25(2,3)17-7-9-21(28)20(14-17)26-24(29)16-5-4-6-18(13-16)27-34(30,31)19-8-10-22-23(15-19)33-12-11-32-22/h4-10,13-15,27-28H,11-12H2,1-3H3,(H,26,29). The number of aromatic hydroxyl groups is 1. The van der Waals surface area contributed by atoms with Gasteiger partial charge in [-0.1, -0.05) is 32.9 Å². The summed E-state index contributed by atoms with van der Waals surface area (Å²) < 4.78 is 39.2. The Hall–Kier alpha value is -3.72. The third kappa shape index (κ3) is 5.09. The number of benzene rings is 3. The first-order valence-electron chi connectivity index (χ1n) is 10.7. The second-order valence-electron chi connectivity index (χ2n) is 8.93. The van der Waals surface area contributed by atoms with E-state index in [0.29, 0.717) is 24.7 Å². The van der Waals surface area contributed by atoms with Crippen LogP contribution < -0.4 is 19.5 Å². The number of sulfonamides is 1. The fourth-order valence-corrected chi connectivity index (χ4v) is 4.49. The molecule has 0 saturated carbocycles. The van der Waals surface area contributed by atoms with Gasteiger partial charge in [-0.2, -0.15) is 0 Å². The number of phenols is 1. The van der Waals surface area contributed by atoms with Crippen LogP contribution in [0, 0.1) is 0 Å². The first-order chi connectivity index (χ1) is 16.0. The smallest absolute Gasteiger partial charge is 0.262 e. The Morgan fingerprint density at radius 1 is 0.941 bits per heavy atom. The van der Waals surface area contributed by atoms with Crippen LogP contribution in [0.2, 0.25) is 0 Å². The molecule has 1 amide bonds. The van der Waals surface area contributed by atoms with Crippen molar-refractivity contribution in [2.75, 3.05) is 23.3 Å². The number of carbonyl (C=O) groups excluding carboxylic acids is 1. The zero-order chi connectivity index (χ0) is 24.5. The minimum absolute atomic E-state index is 0.00974. The highest BCUT2D eigenvalue weighted by Crippen LogP contribution is 2.33. The van der Waals surface area contributed by atoms with Gasteiger partial charge in [0.2, 0.25) is 0 Å². The maximum Gasteiger partial charge on any atom is 0.262 e. The number of rotatable bonds is 5. The topological polar surface area (TPSA) is 114 Å². The van der Waals surface area contributed by atoms with Gasteiger partial charge in [0.15, 0.2) is 11.5 Å². The zero-order valence-electron chi connectivity index (χ0n) is 19.1. The summed E-state index contributed by atoms with van der Waals surface area (Å²) in [7, 11) is -3.93. The summed E-state index contributed by atoms with van der Waals surface area (Å²) >= 11 is 0. The van der Waals surface area contributed by atoms with Crippen molar-refractivity contribution in [2.24, 2.45) is 0 Å². The van der Waals surface area contributed by atoms with Crippen molar-refractivity contribution in [3.8, 4) is 17.2 Å². The van der Waals surface area contributed by atoms with Gasteiger partial charge in [0.25, 0.3) is 15.9 Å². The fraction of sp³-hybridized carbons (Fsp3) is 0.240. The molecule has 0 saturated heterocycles. The molecule has 0 aromatic heterocycles. The second-order valence-corrected chi connectivity index (χ2v) is 10.6. The third-order valence-corrected chi connectivity index (χ3v) is 6.69. The van der Waals surface area contributed by atoms with Gasteiger partial charge in [0, 0.05) is 17.3 Å². The van der Waals surface area contributed by atoms with Gasteiger partial charge < -0.3 is 19.9 Å². The molecule has 8 nitrogen and oxygen atoms in total. The largest absolute Gasteiger partial charge is 0.506 e. The number of amides is 1. The molecule has 1 aliphatic heterocycles. The quantitative estimate of drug-likeness (QED) is 0.461. The van der Waals surface area contributed by atoms with Crippen molar-refractivity contribution in [3.05, 3.63) is 71.8 Å². The molecule has 3 aromatic carbocycles. The molecule has 0 atom stereocenters. The van der Waals surface area contributed by atoms with Crippen LogP contribution in [0.5, 0.6) is 17.2 Å². The molecule has 4 rings (SSSR count). The number of hydrogen-bond donors (Lipinski definition) is 3. The SMILES string of the molecule is CC(C)(C)c1ccc(O)c(NC(=O)c2cccc(NS(=O)(=O)c3ccc4c(c3)OCCO4)c2)c1. The molecule has 34 heavy (non-hydrogen) atoms. The van der Waals surface area contributed by atoms with Gasteiger partial charge in [0.05, 0.1) is 10.6 Å². The summed E-state index contributed by atoms with van der Waals surface area (Å²) in [6.07, 6.45) is 0. The maximum atomic E-state index is 12.9. The van der Waals surface area contributed by atoms with E-state index in [0.717, 1.165) is 5.56 Å². The van der Waals surface area contributed by atoms with E-state index in [4.69, 9.17) is 9.47 Å². The minimum atomic E-state index is -3.93. The Morgan fingerprint density at radius 3 is 2.41 bits per heavy atom. The Bertz CT molecular complexity index is 1350. The molecule has 3 aromatic rings. The monoisotopic (exact) mass is 482 g/mol. The van der Waals surface area contributed by atoms with Crippen LogP contribution in [0.3, 0.4) is 0 Å². The lowest BCUT2D eigenvalue weighted by Gasteiger charge is -2.20. The van der Waals surface area contributed by atoms with E-state index in [1.165, 1.54) is 24.3 Å². The number of anilines is 2. The zero-order valence-corrected chi connectivity index (χ0v) is 19.9. The molecule has 9 heteroatoms. The number of hydrogen-bond acceptors (Lipinski definition) is 6. The van der Waals surface area contributed by atoms with Crippen LogP contribution in [0.15, 0.2) is 65.6 Å². The highest BCUT2D eigenvalue weighted by Gasteiger charge is 2.21. The van der Waals surface area contributed by atoms with Crippen molar-refractivity contribution in [1.29, 1.82) is 0 Å². The van der Waals surface area contributed by atoms with Gasteiger partial charge in [0.1, 0.15) is 19.0 Å². The lowest BCUT2D eigenvalue weighted by molar-refractivity contribution is 0.102. The van der Waals surface area contributed by atoms with Crippen molar-refractivity contribution in [2.45, 2.75) is 31.1 Å². The average Bonchev–Trinajstić information content (AvgIpc) is 2.79. The van der Waals surface area contributed by atoms with Crippen molar-refractivity contribution in [3.63, 3.8) is 0 Å². The fourth-order valence-electron chi connectivity index (χ4n) is 3.43. The van der Waals surface area contributed by atoms with Gasteiger partial charge in [-0.05, 0) is 53.4 Å². The molecular formula is C25H26N2O6S. The molecule has 0 spiro atoms. The molecule has 1 heterocycles. The predicted molar refractivity (Wildman–Crippen MR) is 129 cm³/mol. The normalized spacial score (nSPS) is 13.3. The van der Waals surface area contributed by atoms with Gasteiger partial charge in [-0.3, -0.25) is 9.52 Å². The second kappa shape index (κ2) is 8.90. The Labute approximate surface area is 198 Å². The summed E-state index contributed by atoms with van der Waals surface area (Å²) in [6.45, 7) is 6.84. The minimum Gasteiger partial charge on any atom is -0.506 e. The van der Waals surface area contributed by atoms with E-state index in [-0.39, 0.29) is 33.0 Å². The molecule has 0 radical (unpaired) electrons. The van der Waals surface area contributed by atoms with Crippen molar-refractivity contribution < 1.29 is 27.8 Å². The number of ether oxygens (including phenoxy) is 2. The highest BCUT2D eigenvalue weighted by atomic mass is 32.2. The Kier molecular flexibility index (Phi) is 6.14. The third-order valence-electron chi connectivity index (χ3n) is 5.31. The molecular weight excluding hydrogens is 456 g/mol. The van der Waals surface area contributed by atoms with E-state index in [2.05, 4.69) is 10.0 Å². The van der Waals surface area contributed by atoms with Crippen LogP contribution in [0.25, 0.3) is 0 Å². The first-order valence-corrected chi connectivity index (χ1v) is 12.2. The lowest BCUT2D eigenvalue weighted by Crippen LogP contribution is -2.18. The summed E-state index contributed by atoms with van der Waals surface area (Å²) in [5, 5.41) is 12.9. The molecule has 0 fully saturated rings. The first kappa shape index (κ1) is 23.4. The molecule has 1 aliphatic rings. The number of carbonyl (C=O) groups is 1. The Morgan fingerprint density at radius 2 is 1.68 bits per heavy atom. The van der Waals surface area contributed by atoms with Crippen LogP contribution in [-0.2, 0) is 15.4 Å². The number of nitrogens with one attached hydrogen (secondary N) is 2. The molecule has 178 valence electrons. The lowest BCUT2D eigenvalue weighted by atomic mass is 9.87. The summed E-state index contributed by atoms with van der Waals surface area (Å²) in [6, 6.07) is 15.5. The summed E-state index contributed by atoms with van der Waals surface area (Å²) in [5.41, 5.74) is 1.50. The van der Waals surface area contributed by atoms with Crippen LogP contribution in [-0.4, -0.2) is 32.6 Å². The van der Waals surface area contributed by atoms with Crippen LogP contribution in [0.1, 0.15) is 36.7 Å². The Balaban J connectivity index is 1.54. The number of phenolic OH excluding ortho intramolecular Hbond substituents is 1. The van der Waals surface area contributed by atoms with E-state index < -0.39 is 15.9 Å². The van der Waals surface area contributed by atoms with Gasteiger partial charge >= 0.3 is 0 Å². The van der Waals surface area contributed by atoms with Crippen LogP contribution in [0.4, 0.5) is 11.4 Å². The van der Waals surface area contributed by atoms with E-state index >= 15 is 0 Å². The average molecular weight is 483 g/mol. The van der Waals surface area contributed by atoms with Crippen molar-refractivity contribution in [1.82, 2.24) is 0 Å². The molecule has 0 unspecified atom stereocenters. The van der Waals surface area contributed by atoms with E-state index in [1.807, 2.05) is 20.8 Å². The summed E-state index contributed by atoms with van der Waals surface area (Å²) in [4.78, 5) is 12.9. The van der Waals surface area contributed by atoms with Gasteiger partial charge in [-0.25, -0.2) is 8.42 Å². The molecule has 0 bridgehead atoms. The van der Waals surface area contributed by atoms with Gasteiger partial charge in [-0.15, -0.1) is 0 Å². The van der Waals surface area contributed by atoms with Crippen molar-refractivity contribution >= 4 is 27.3 Å². The number of fused-ring (bicyclic) bond motifs is 1. The highest BCUT2D eigenvalue weighted by molar-refractivity contribution is 7.92. The predicted octanol–water partition coefficient (Wildman–Crippen LogP) is 4.51. The van der Waals surface area contributed by atoms with E-state index in [9.17, 15) is 18.3 Å². The maximum absolute atomic E-state index is 12.9. The molecule has 0 aliphatic carbocycles. The van der Waals surface area contributed by atoms with E-state index in [1.54, 1.807) is 36.4 Å². The van der Waals surface area contributed by atoms with Crippen LogP contribution >= 0.6 is 0 Å². The summed E-state index contributed by atoms with van der Waals surface area (Å²) in [5.74, 6) is 0.306.